The van der Waals surface area contributed by atoms with Crippen molar-refractivity contribution in [3.63, 3.8) is 0 Å². The van der Waals surface area contributed by atoms with Gasteiger partial charge in [0.2, 0.25) is 0 Å². The number of hydrogen-bond donors (Lipinski definition) is 2. The van der Waals surface area contributed by atoms with Crippen molar-refractivity contribution in [1.29, 1.82) is 0 Å². The molecule has 0 radical (unpaired) electrons. The summed E-state index contributed by atoms with van der Waals surface area (Å²) in [6, 6.07) is 17.5. The summed E-state index contributed by atoms with van der Waals surface area (Å²) in [5.74, 6) is -0.520. The van der Waals surface area contributed by atoms with Crippen molar-refractivity contribution in [3.05, 3.63) is 83.8 Å². The lowest BCUT2D eigenvalue weighted by Gasteiger charge is -2.11. The second-order valence-electron chi connectivity index (χ2n) is 5.30. The highest BCUT2D eigenvalue weighted by atomic mass is 16.3. The van der Waals surface area contributed by atoms with E-state index < -0.39 is 5.91 Å². The molecule has 0 aliphatic heterocycles. The first-order valence-electron chi connectivity index (χ1n) is 7.45. The lowest BCUT2D eigenvalue weighted by molar-refractivity contribution is 0.0996. The molecular formula is C19H16N2O3. The van der Waals surface area contributed by atoms with Gasteiger partial charge in [0, 0.05) is 5.69 Å². The Morgan fingerprint density at radius 3 is 2.29 bits per heavy atom. The standard InChI is InChI=1S/C19H16N2O3/c1-13-8-10-14(11-9-13)20-18(22)15-5-2-3-6-16(15)21-19(23)17-7-4-12-24-17/h2-12H,1H3,(H,20,22)(H,21,23). The van der Waals surface area contributed by atoms with E-state index in [-0.39, 0.29) is 11.7 Å². The van der Waals surface area contributed by atoms with Crippen molar-refractivity contribution in [2.45, 2.75) is 6.92 Å². The van der Waals surface area contributed by atoms with Crippen LogP contribution in [0.4, 0.5) is 11.4 Å². The van der Waals surface area contributed by atoms with Crippen LogP contribution >= 0.6 is 0 Å². The fraction of sp³-hybridized carbons (Fsp3) is 0.0526. The molecule has 0 bridgehead atoms. The van der Waals surface area contributed by atoms with Crippen molar-refractivity contribution in [2.75, 3.05) is 10.6 Å². The SMILES string of the molecule is Cc1ccc(NC(=O)c2ccccc2NC(=O)c2ccco2)cc1. The van der Waals surface area contributed by atoms with Crippen LogP contribution in [-0.4, -0.2) is 11.8 Å². The third-order valence-electron chi connectivity index (χ3n) is 3.47. The Morgan fingerprint density at radius 2 is 1.58 bits per heavy atom. The maximum Gasteiger partial charge on any atom is 0.291 e. The van der Waals surface area contributed by atoms with E-state index in [0.29, 0.717) is 16.9 Å². The molecular weight excluding hydrogens is 304 g/mol. The molecule has 5 heteroatoms. The molecule has 2 N–H and O–H groups in total. The van der Waals surface area contributed by atoms with Crippen molar-refractivity contribution < 1.29 is 14.0 Å². The van der Waals surface area contributed by atoms with Gasteiger partial charge in [-0.3, -0.25) is 9.59 Å². The Morgan fingerprint density at radius 1 is 0.833 bits per heavy atom. The number of furan rings is 1. The first-order valence-corrected chi connectivity index (χ1v) is 7.45. The zero-order chi connectivity index (χ0) is 16.9. The average molecular weight is 320 g/mol. The predicted octanol–water partition coefficient (Wildman–Crippen LogP) is 4.09. The molecule has 2 amide bonds. The van der Waals surface area contributed by atoms with E-state index >= 15 is 0 Å². The number of benzene rings is 2. The highest BCUT2D eigenvalue weighted by molar-refractivity contribution is 6.11. The van der Waals surface area contributed by atoms with Gasteiger partial charge in [-0.25, -0.2) is 0 Å². The van der Waals surface area contributed by atoms with E-state index in [9.17, 15) is 9.59 Å². The lowest BCUT2D eigenvalue weighted by Crippen LogP contribution is -2.17. The lowest BCUT2D eigenvalue weighted by atomic mass is 10.1. The van der Waals surface area contributed by atoms with Crippen LogP contribution < -0.4 is 10.6 Å². The summed E-state index contributed by atoms with van der Waals surface area (Å²) in [4.78, 5) is 24.6. The van der Waals surface area contributed by atoms with E-state index in [4.69, 9.17) is 4.42 Å². The second kappa shape index (κ2) is 6.83. The summed E-state index contributed by atoms with van der Waals surface area (Å²) < 4.78 is 5.06. The topological polar surface area (TPSA) is 71.3 Å². The molecule has 0 saturated carbocycles. The van der Waals surface area contributed by atoms with Gasteiger partial charge in [0.15, 0.2) is 5.76 Å². The smallest absolute Gasteiger partial charge is 0.291 e. The van der Waals surface area contributed by atoms with Gasteiger partial charge in [-0.1, -0.05) is 29.8 Å². The maximum atomic E-state index is 12.5. The van der Waals surface area contributed by atoms with Crippen LogP contribution in [0.1, 0.15) is 26.5 Å². The minimum atomic E-state index is -0.407. The molecule has 5 nitrogen and oxygen atoms in total. The predicted molar refractivity (Wildman–Crippen MR) is 92.2 cm³/mol. The molecule has 0 aliphatic rings. The Bertz CT molecular complexity index is 853. The minimum absolute atomic E-state index is 0.184. The number of carbonyl (C=O) groups excluding carboxylic acids is 2. The van der Waals surface area contributed by atoms with Crippen LogP contribution in [0.25, 0.3) is 0 Å². The maximum absolute atomic E-state index is 12.5. The Kier molecular flexibility index (Phi) is 4.43. The molecule has 0 saturated heterocycles. The highest BCUT2D eigenvalue weighted by Crippen LogP contribution is 2.19. The summed E-state index contributed by atoms with van der Waals surface area (Å²) in [6.07, 6.45) is 1.42. The molecule has 0 unspecified atom stereocenters. The fourth-order valence-electron chi connectivity index (χ4n) is 2.22. The van der Waals surface area contributed by atoms with E-state index in [1.54, 1.807) is 36.4 Å². The highest BCUT2D eigenvalue weighted by Gasteiger charge is 2.15. The summed E-state index contributed by atoms with van der Waals surface area (Å²) in [5.41, 5.74) is 2.60. The van der Waals surface area contributed by atoms with E-state index in [2.05, 4.69) is 10.6 Å². The summed E-state index contributed by atoms with van der Waals surface area (Å²) >= 11 is 0. The minimum Gasteiger partial charge on any atom is -0.459 e. The number of carbonyl (C=O) groups is 2. The quantitative estimate of drug-likeness (QED) is 0.760. The zero-order valence-corrected chi connectivity index (χ0v) is 13.1. The number of anilines is 2. The van der Waals surface area contributed by atoms with E-state index in [1.807, 2.05) is 31.2 Å². The summed E-state index contributed by atoms with van der Waals surface area (Å²) in [7, 11) is 0. The molecule has 0 spiro atoms. The Labute approximate surface area is 139 Å². The third kappa shape index (κ3) is 3.52. The van der Waals surface area contributed by atoms with Gasteiger partial charge in [-0.15, -0.1) is 0 Å². The van der Waals surface area contributed by atoms with Crippen molar-refractivity contribution >= 4 is 23.2 Å². The molecule has 0 atom stereocenters. The summed E-state index contributed by atoms with van der Waals surface area (Å²) in [6.45, 7) is 1.98. The molecule has 120 valence electrons. The largest absolute Gasteiger partial charge is 0.459 e. The first-order chi connectivity index (χ1) is 11.6. The van der Waals surface area contributed by atoms with Crippen molar-refractivity contribution in [3.8, 4) is 0 Å². The van der Waals surface area contributed by atoms with Gasteiger partial charge in [0.05, 0.1) is 17.5 Å². The Balaban J connectivity index is 1.79. The first kappa shape index (κ1) is 15.6. The normalized spacial score (nSPS) is 10.2. The van der Waals surface area contributed by atoms with Crippen LogP contribution in [0.15, 0.2) is 71.3 Å². The van der Waals surface area contributed by atoms with Crippen molar-refractivity contribution in [2.24, 2.45) is 0 Å². The Hall–Kier alpha value is -3.34. The second-order valence-corrected chi connectivity index (χ2v) is 5.30. The van der Waals surface area contributed by atoms with Gasteiger partial charge >= 0.3 is 0 Å². The number of amides is 2. The van der Waals surface area contributed by atoms with Crippen LogP contribution in [-0.2, 0) is 0 Å². The van der Waals surface area contributed by atoms with Gasteiger partial charge in [0.25, 0.3) is 11.8 Å². The molecule has 2 aromatic carbocycles. The van der Waals surface area contributed by atoms with Crippen LogP contribution in [0.2, 0.25) is 0 Å². The van der Waals surface area contributed by atoms with Gasteiger partial charge in [-0.05, 0) is 43.3 Å². The van der Waals surface area contributed by atoms with E-state index in [0.717, 1.165) is 5.56 Å². The third-order valence-corrected chi connectivity index (χ3v) is 3.47. The molecule has 0 aliphatic carbocycles. The van der Waals surface area contributed by atoms with Gasteiger partial charge in [-0.2, -0.15) is 0 Å². The van der Waals surface area contributed by atoms with Crippen LogP contribution in [0.3, 0.4) is 0 Å². The molecule has 1 heterocycles. The molecule has 3 rings (SSSR count). The number of hydrogen-bond acceptors (Lipinski definition) is 3. The van der Waals surface area contributed by atoms with Crippen LogP contribution in [0, 0.1) is 6.92 Å². The average Bonchev–Trinajstić information content (AvgIpc) is 3.12. The molecule has 24 heavy (non-hydrogen) atoms. The molecule has 0 fully saturated rings. The van der Waals surface area contributed by atoms with Crippen LogP contribution in [0.5, 0.6) is 0 Å². The molecule has 1 aromatic heterocycles. The van der Waals surface area contributed by atoms with E-state index in [1.165, 1.54) is 6.26 Å². The number of para-hydroxylation sites is 1. The fourth-order valence-corrected chi connectivity index (χ4v) is 2.22. The molecule has 3 aromatic rings. The number of nitrogens with one attached hydrogen (secondary N) is 2. The van der Waals surface area contributed by atoms with Gasteiger partial charge < -0.3 is 15.1 Å². The van der Waals surface area contributed by atoms with Gasteiger partial charge in [0.1, 0.15) is 0 Å². The van der Waals surface area contributed by atoms with Crippen molar-refractivity contribution in [1.82, 2.24) is 0 Å². The summed E-state index contributed by atoms with van der Waals surface area (Å²) in [5, 5.41) is 5.52. The zero-order valence-electron chi connectivity index (χ0n) is 13.1. The number of rotatable bonds is 4. The monoisotopic (exact) mass is 320 g/mol. The number of aryl methyl sites for hydroxylation is 1.